The summed E-state index contributed by atoms with van der Waals surface area (Å²) >= 11 is 0. The largest absolute Gasteiger partial charge is 0.450 e. The van der Waals surface area contributed by atoms with E-state index < -0.39 is 31.1 Å². The first kappa shape index (κ1) is 30.0. The van der Waals surface area contributed by atoms with Crippen molar-refractivity contribution in [1.29, 1.82) is 0 Å². The van der Waals surface area contributed by atoms with Gasteiger partial charge in [0.1, 0.15) is 23.7 Å². The summed E-state index contributed by atoms with van der Waals surface area (Å²) in [5.41, 5.74) is 7.42. The number of nitrogens with two attached hydrogens (primary N) is 1. The monoisotopic (exact) mass is 598 g/mol. The molecule has 0 aliphatic carbocycles. The van der Waals surface area contributed by atoms with Gasteiger partial charge < -0.3 is 24.5 Å². The number of nitrogens with zero attached hydrogens (tertiary/aromatic N) is 3. The molecule has 2 aromatic heterocycles. The first-order valence-electron chi connectivity index (χ1n) is 14.4. The van der Waals surface area contributed by atoms with Gasteiger partial charge in [-0.1, -0.05) is 25.7 Å². The average molecular weight is 599 g/mol. The Morgan fingerprint density at radius 3 is 2.52 bits per heavy atom. The summed E-state index contributed by atoms with van der Waals surface area (Å²) < 4.78 is 49.1. The number of pyridine rings is 1. The number of carbonyl (C=O) groups excluding carboxylic acids is 1. The van der Waals surface area contributed by atoms with E-state index in [9.17, 15) is 13.6 Å². The lowest BCUT2D eigenvalue weighted by Gasteiger charge is -2.35. The van der Waals surface area contributed by atoms with Crippen LogP contribution in [0.2, 0.25) is 25.7 Å². The van der Waals surface area contributed by atoms with E-state index in [0.29, 0.717) is 24.1 Å². The summed E-state index contributed by atoms with van der Waals surface area (Å²) in [7, 11) is -1.28. The number of aromatic nitrogens is 2. The lowest BCUT2D eigenvalue weighted by Crippen LogP contribution is -2.45. The van der Waals surface area contributed by atoms with E-state index in [1.54, 1.807) is 12.3 Å². The zero-order chi connectivity index (χ0) is 30.4. The Morgan fingerprint density at radius 1 is 1.17 bits per heavy atom. The van der Waals surface area contributed by atoms with Gasteiger partial charge in [0, 0.05) is 56.5 Å². The number of ether oxygens (including phenoxy) is 3. The predicted octanol–water partition coefficient (Wildman–Crippen LogP) is 7.56. The number of hydrogen-bond acceptors (Lipinski definition) is 6. The Kier molecular flexibility index (Phi) is 8.10. The fourth-order valence-corrected chi connectivity index (χ4v) is 6.33. The average Bonchev–Trinajstić information content (AvgIpc) is 3.37. The highest BCUT2D eigenvalue weighted by Crippen LogP contribution is 2.44. The standard InChI is InChI=1S/C31H40F2N4O4Si/c1-31(2,3)41-30(38)37-21-7-8-22(37)14-19(13-21)23-17-36(18-39-11-12-42(4,5)6)29-27(23)26(9-10-35-29)40-28-24(32)15-20(34)16-25(28)33/h9-10,13,15-17,21-22H,7-8,11-12,14,18,34H2,1-6H3. The van der Waals surface area contributed by atoms with Crippen LogP contribution in [0, 0.1) is 11.6 Å². The summed E-state index contributed by atoms with van der Waals surface area (Å²) in [4.78, 5) is 19.5. The molecule has 1 amide bonds. The van der Waals surface area contributed by atoms with Crippen LogP contribution in [0.5, 0.6) is 11.5 Å². The number of anilines is 1. The molecule has 2 atom stereocenters. The van der Waals surface area contributed by atoms with Crippen molar-refractivity contribution >= 4 is 36.5 Å². The highest BCUT2D eigenvalue weighted by Gasteiger charge is 2.42. The first-order chi connectivity index (χ1) is 19.7. The number of benzene rings is 1. The van der Waals surface area contributed by atoms with Gasteiger partial charge in [-0.25, -0.2) is 18.6 Å². The van der Waals surface area contributed by atoms with E-state index in [1.165, 1.54) is 0 Å². The van der Waals surface area contributed by atoms with Gasteiger partial charge in [0.15, 0.2) is 17.4 Å². The summed E-state index contributed by atoms with van der Waals surface area (Å²) in [5, 5.41) is 0.623. The van der Waals surface area contributed by atoms with E-state index in [1.807, 2.05) is 36.4 Å². The third kappa shape index (κ3) is 6.46. The lowest BCUT2D eigenvalue weighted by molar-refractivity contribution is 0.0175. The van der Waals surface area contributed by atoms with Gasteiger partial charge in [0.05, 0.1) is 11.4 Å². The van der Waals surface area contributed by atoms with Crippen molar-refractivity contribution in [2.24, 2.45) is 0 Å². The maximum absolute atomic E-state index is 14.8. The third-order valence-electron chi connectivity index (χ3n) is 7.52. The van der Waals surface area contributed by atoms with E-state index in [-0.39, 0.29) is 36.3 Å². The predicted molar refractivity (Wildman–Crippen MR) is 162 cm³/mol. The highest BCUT2D eigenvalue weighted by atomic mass is 28.3. The van der Waals surface area contributed by atoms with E-state index in [0.717, 1.165) is 42.2 Å². The van der Waals surface area contributed by atoms with Crippen molar-refractivity contribution in [3.63, 3.8) is 0 Å². The maximum atomic E-state index is 14.8. The van der Waals surface area contributed by atoms with Crippen molar-refractivity contribution in [2.75, 3.05) is 12.3 Å². The normalized spacial score (nSPS) is 18.9. The van der Waals surface area contributed by atoms with Crippen molar-refractivity contribution in [3.05, 3.63) is 53.9 Å². The molecule has 1 saturated heterocycles. The molecular formula is C31H40F2N4O4Si. The lowest BCUT2D eigenvalue weighted by atomic mass is 9.95. The van der Waals surface area contributed by atoms with Gasteiger partial charge in [-0.2, -0.15) is 0 Å². The SMILES string of the molecule is CC(C)(C)OC(=O)N1C2C=C(c3cn(COCC[Si](C)(C)C)c4nccc(Oc5c(F)cc(N)cc5F)c34)CC1CC2. The molecule has 0 radical (unpaired) electrons. The van der Waals surface area contributed by atoms with Crippen molar-refractivity contribution in [1.82, 2.24) is 14.5 Å². The van der Waals surface area contributed by atoms with Crippen LogP contribution >= 0.6 is 0 Å². The van der Waals surface area contributed by atoms with E-state index >= 15 is 0 Å². The summed E-state index contributed by atoms with van der Waals surface area (Å²) in [6.07, 6.45) is 7.58. The molecule has 0 spiro atoms. The number of carbonyl (C=O) groups is 1. The topological polar surface area (TPSA) is 91.8 Å². The minimum absolute atomic E-state index is 0.0238. The minimum Gasteiger partial charge on any atom is -0.450 e. The summed E-state index contributed by atoms with van der Waals surface area (Å²) in [6, 6.07) is 4.54. The molecule has 2 unspecified atom stereocenters. The molecule has 42 heavy (non-hydrogen) atoms. The number of halogens is 2. The molecule has 1 fully saturated rings. The fourth-order valence-electron chi connectivity index (χ4n) is 5.57. The molecular weight excluding hydrogens is 558 g/mol. The number of fused-ring (bicyclic) bond motifs is 3. The van der Waals surface area contributed by atoms with Gasteiger partial charge >= 0.3 is 6.09 Å². The maximum Gasteiger partial charge on any atom is 0.411 e. The van der Waals surface area contributed by atoms with Crippen LogP contribution in [0.3, 0.4) is 0 Å². The molecule has 3 aromatic rings. The molecule has 8 nitrogen and oxygen atoms in total. The van der Waals surface area contributed by atoms with Gasteiger partial charge in [0.2, 0.25) is 0 Å². The quantitative estimate of drug-likeness (QED) is 0.163. The second kappa shape index (κ2) is 11.3. The van der Waals surface area contributed by atoms with Crippen molar-refractivity contribution in [3.8, 4) is 11.5 Å². The molecule has 2 aliphatic rings. The molecule has 1 aromatic carbocycles. The number of nitrogen functional groups attached to an aromatic ring is 1. The molecule has 0 saturated carbocycles. The third-order valence-corrected chi connectivity index (χ3v) is 9.23. The Balaban J connectivity index is 1.54. The number of amides is 1. The van der Waals surface area contributed by atoms with Crippen LogP contribution < -0.4 is 10.5 Å². The smallest absolute Gasteiger partial charge is 0.411 e. The summed E-state index contributed by atoms with van der Waals surface area (Å²) in [6.45, 7) is 13.4. The van der Waals surface area contributed by atoms with Gasteiger partial charge in [-0.05, 0) is 57.7 Å². The molecule has 5 rings (SSSR count). The second-order valence-corrected chi connectivity index (χ2v) is 19.0. The number of hydrogen-bond donors (Lipinski definition) is 1. The zero-order valence-corrected chi connectivity index (χ0v) is 26.2. The molecule has 11 heteroatoms. The van der Waals surface area contributed by atoms with Crippen LogP contribution in [0.1, 0.15) is 45.6 Å². The summed E-state index contributed by atoms with van der Waals surface area (Å²) in [5.74, 6) is -2.05. The molecule has 226 valence electrons. The highest BCUT2D eigenvalue weighted by molar-refractivity contribution is 6.76. The Bertz CT molecular complexity index is 1500. The van der Waals surface area contributed by atoms with Crippen LogP contribution in [0.25, 0.3) is 16.6 Å². The molecule has 2 N–H and O–H groups in total. The van der Waals surface area contributed by atoms with Gasteiger partial charge in [-0.15, -0.1) is 0 Å². The molecule has 2 aliphatic heterocycles. The Hall–Kier alpha value is -3.44. The Morgan fingerprint density at radius 2 is 1.88 bits per heavy atom. The van der Waals surface area contributed by atoms with Crippen LogP contribution in [-0.2, 0) is 16.2 Å². The van der Waals surface area contributed by atoms with Crippen molar-refractivity contribution < 1.29 is 27.8 Å². The zero-order valence-electron chi connectivity index (χ0n) is 25.2. The molecule has 2 bridgehead atoms. The minimum atomic E-state index is -1.28. The molecule has 4 heterocycles. The van der Waals surface area contributed by atoms with E-state index in [4.69, 9.17) is 19.9 Å². The van der Waals surface area contributed by atoms with Gasteiger partial charge in [-0.3, -0.25) is 4.90 Å². The second-order valence-electron chi connectivity index (χ2n) is 13.4. The van der Waals surface area contributed by atoms with Crippen LogP contribution in [-0.4, -0.2) is 52.9 Å². The van der Waals surface area contributed by atoms with E-state index in [2.05, 4.69) is 30.7 Å². The number of rotatable bonds is 8. The van der Waals surface area contributed by atoms with Crippen LogP contribution in [0.15, 0.2) is 36.7 Å². The fraction of sp³-hybridized carbons (Fsp3) is 0.484. The Labute approximate surface area is 246 Å². The van der Waals surface area contributed by atoms with Gasteiger partial charge in [0.25, 0.3) is 0 Å². The van der Waals surface area contributed by atoms with Crippen LogP contribution in [0.4, 0.5) is 19.3 Å². The van der Waals surface area contributed by atoms with Crippen molar-refractivity contribution in [2.45, 2.75) is 90.1 Å². The first-order valence-corrected chi connectivity index (χ1v) is 18.1.